The maximum atomic E-state index is 12.4. The SMILES string of the molecule is C[C@H]1C[C@H](C)CN(C(=O)CSc2nnc(NCc3ccccc3)s2)C1. The Bertz CT molecular complexity index is 681. The summed E-state index contributed by atoms with van der Waals surface area (Å²) in [5.74, 6) is 1.82. The third-order valence-electron chi connectivity index (χ3n) is 4.23. The van der Waals surface area contributed by atoms with Crippen LogP contribution in [-0.2, 0) is 11.3 Å². The Balaban J connectivity index is 1.46. The number of hydrogen-bond donors (Lipinski definition) is 1. The number of thioether (sulfide) groups is 1. The van der Waals surface area contributed by atoms with Gasteiger partial charge in [0.25, 0.3) is 0 Å². The molecule has 3 rings (SSSR count). The molecule has 25 heavy (non-hydrogen) atoms. The van der Waals surface area contributed by atoms with E-state index in [4.69, 9.17) is 0 Å². The minimum absolute atomic E-state index is 0.206. The fraction of sp³-hybridized carbons (Fsp3) is 0.500. The van der Waals surface area contributed by atoms with Crippen LogP contribution in [0.2, 0.25) is 0 Å². The molecule has 134 valence electrons. The second kappa shape index (κ2) is 8.67. The van der Waals surface area contributed by atoms with Crippen LogP contribution in [-0.4, -0.2) is 39.8 Å². The standard InChI is InChI=1S/C18H24N4OS2/c1-13-8-14(2)11-22(10-13)16(23)12-24-18-21-20-17(25-18)19-9-15-6-4-3-5-7-15/h3-7,13-14H,8-12H2,1-2H3,(H,19,20)/t13-,14-/m0/s1. The number of amides is 1. The molecule has 2 heterocycles. The van der Waals surface area contributed by atoms with E-state index >= 15 is 0 Å². The summed E-state index contributed by atoms with van der Waals surface area (Å²) in [4.78, 5) is 14.4. The van der Waals surface area contributed by atoms with E-state index in [0.717, 1.165) is 29.1 Å². The summed E-state index contributed by atoms with van der Waals surface area (Å²) in [6.45, 7) is 6.92. The van der Waals surface area contributed by atoms with Crippen LogP contribution in [0.3, 0.4) is 0 Å². The van der Waals surface area contributed by atoms with Crippen LogP contribution < -0.4 is 5.32 Å². The largest absolute Gasteiger partial charge is 0.356 e. The van der Waals surface area contributed by atoms with Gasteiger partial charge in [0.05, 0.1) is 5.75 Å². The molecular formula is C18H24N4OS2. The highest BCUT2D eigenvalue weighted by atomic mass is 32.2. The summed E-state index contributed by atoms with van der Waals surface area (Å²) in [7, 11) is 0. The predicted molar refractivity (Wildman–Crippen MR) is 104 cm³/mol. The van der Waals surface area contributed by atoms with E-state index in [1.165, 1.54) is 35.1 Å². The maximum Gasteiger partial charge on any atom is 0.233 e. The van der Waals surface area contributed by atoms with Gasteiger partial charge in [-0.1, -0.05) is 67.3 Å². The van der Waals surface area contributed by atoms with Crippen LogP contribution in [0.25, 0.3) is 0 Å². The Morgan fingerprint density at radius 3 is 2.68 bits per heavy atom. The summed E-state index contributed by atoms with van der Waals surface area (Å²) in [6.07, 6.45) is 1.21. The van der Waals surface area contributed by atoms with Gasteiger partial charge in [-0.05, 0) is 23.8 Å². The number of hydrogen-bond acceptors (Lipinski definition) is 6. The molecule has 1 saturated heterocycles. The molecule has 5 nitrogen and oxygen atoms in total. The van der Waals surface area contributed by atoms with Crippen LogP contribution in [0.4, 0.5) is 5.13 Å². The van der Waals surface area contributed by atoms with Crippen LogP contribution in [0.15, 0.2) is 34.7 Å². The van der Waals surface area contributed by atoms with Gasteiger partial charge in [-0.2, -0.15) is 0 Å². The van der Waals surface area contributed by atoms with Gasteiger partial charge in [0, 0.05) is 19.6 Å². The zero-order chi connectivity index (χ0) is 17.6. The smallest absolute Gasteiger partial charge is 0.233 e. The lowest BCUT2D eigenvalue weighted by molar-refractivity contribution is -0.130. The van der Waals surface area contributed by atoms with Crippen LogP contribution in [0, 0.1) is 11.8 Å². The van der Waals surface area contributed by atoms with E-state index < -0.39 is 0 Å². The first-order valence-corrected chi connectivity index (χ1v) is 10.4. The highest BCUT2D eigenvalue weighted by Gasteiger charge is 2.25. The van der Waals surface area contributed by atoms with E-state index in [1.54, 1.807) is 0 Å². The molecule has 1 aromatic carbocycles. The topological polar surface area (TPSA) is 58.1 Å². The summed E-state index contributed by atoms with van der Waals surface area (Å²) >= 11 is 2.98. The number of nitrogens with one attached hydrogen (secondary N) is 1. The van der Waals surface area contributed by atoms with Gasteiger partial charge in [-0.15, -0.1) is 10.2 Å². The molecule has 1 amide bonds. The maximum absolute atomic E-state index is 12.4. The molecule has 2 atom stereocenters. The summed E-state index contributed by atoms with van der Waals surface area (Å²) in [5, 5.41) is 12.4. The van der Waals surface area contributed by atoms with E-state index in [0.29, 0.717) is 17.6 Å². The van der Waals surface area contributed by atoms with Gasteiger partial charge in [0.1, 0.15) is 0 Å². The minimum Gasteiger partial charge on any atom is -0.356 e. The number of piperidine rings is 1. The molecule has 1 aromatic heterocycles. The Hall–Kier alpha value is -1.60. The zero-order valence-corrected chi connectivity index (χ0v) is 16.3. The summed E-state index contributed by atoms with van der Waals surface area (Å²) < 4.78 is 0.835. The van der Waals surface area contributed by atoms with Gasteiger partial charge >= 0.3 is 0 Å². The molecule has 1 aliphatic heterocycles. The quantitative estimate of drug-likeness (QED) is 0.778. The first-order chi connectivity index (χ1) is 12.1. The number of rotatable bonds is 6. The lowest BCUT2D eigenvalue weighted by Gasteiger charge is -2.34. The first kappa shape index (κ1) is 18.2. The first-order valence-electron chi connectivity index (χ1n) is 8.62. The molecule has 0 saturated carbocycles. The third kappa shape index (κ3) is 5.44. The van der Waals surface area contributed by atoms with Gasteiger partial charge in [-0.25, -0.2) is 0 Å². The average Bonchev–Trinajstić information content (AvgIpc) is 3.06. The summed E-state index contributed by atoms with van der Waals surface area (Å²) in [5.41, 5.74) is 1.20. The van der Waals surface area contributed by atoms with Crippen molar-refractivity contribution in [1.29, 1.82) is 0 Å². The molecule has 7 heteroatoms. The van der Waals surface area contributed by atoms with Crippen molar-refractivity contribution in [3.63, 3.8) is 0 Å². The van der Waals surface area contributed by atoms with Gasteiger partial charge in [0.2, 0.25) is 11.0 Å². The van der Waals surface area contributed by atoms with Crippen molar-refractivity contribution < 1.29 is 4.79 Å². The Labute approximate surface area is 157 Å². The molecule has 1 N–H and O–H groups in total. The van der Waals surface area contributed by atoms with Crippen molar-refractivity contribution in [2.75, 3.05) is 24.2 Å². The van der Waals surface area contributed by atoms with E-state index in [1.807, 2.05) is 23.1 Å². The van der Waals surface area contributed by atoms with Crippen molar-refractivity contribution in [2.24, 2.45) is 11.8 Å². The minimum atomic E-state index is 0.206. The number of likely N-dealkylation sites (tertiary alicyclic amines) is 1. The van der Waals surface area contributed by atoms with Crippen molar-refractivity contribution >= 4 is 34.1 Å². The molecule has 0 aliphatic carbocycles. The van der Waals surface area contributed by atoms with Crippen molar-refractivity contribution in [3.05, 3.63) is 35.9 Å². The predicted octanol–water partition coefficient (Wildman–Crippen LogP) is 3.75. The molecule has 1 fully saturated rings. The monoisotopic (exact) mass is 376 g/mol. The number of nitrogens with zero attached hydrogens (tertiary/aromatic N) is 3. The van der Waals surface area contributed by atoms with Crippen molar-refractivity contribution in [1.82, 2.24) is 15.1 Å². The Morgan fingerprint density at radius 1 is 1.24 bits per heavy atom. The van der Waals surface area contributed by atoms with Gasteiger partial charge in [-0.3, -0.25) is 4.79 Å². The van der Waals surface area contributed by atoms with E-state index in [9.17, 15) is 4.79 Å². The van der Waals surface area contributed by atoms with Crippen molar-refractivity contribution in [3.8, 4) is 0 Å². The number of carbonyl (C=O) groups is 1. The summed E-state index contributed by atoms with van der Waals surface area (Å²) in [6, 6.07) is 10.2. The number of aromatic nitrogens is 2. The van der Waals surface area contributed by atoms with Crippen LogP contribution in [0.5, 0.6) is 0 Å². The normalized spacial score (nSPS) is 20.5. The Kier molecular flexibility index (Phi) is 6.31. The van der Waals surface area contributed by atoms with Gasteiger partial charge in [0.15, 0.2) is 4.34 Å². The number of carbonyl (C=O) groups excluding carboxylic acids is 1. The van der Waals surface area contributed by atoms with Gasteiger partial charge < -0.3 is 10.2 Å². The second-order valence-corrected chi connectivity index (χ2v) is 8.95. The molecule has 0 radical (unpaired) electrons. The molecular weight excluding hydrogens is 352 g/mol. The number of benzene rings is 1. The Morgan fingerprint density at radius 2 is 1.96 bits per heavy atom. The second-order valence-electron chi connectivity index (χ2n) is 6.75. The fourth-order valence-corrected chi connectivity index (χ4v) is 4.84. The third-order valence-corrected chi connectivity index (χ3v) is 6.23. The highest BCUT2D eigenvalue weighted by molar-refractivity contribution is 8.01. The molecule has 1 aliphatic rings. The lowest BCUT2D eigenvalue weighted by Crippen LogP contribution is -2.43. The fourth-order valence-electron chi connectivity index (χ4n) is 3.19. The lowest BCUT2D eigenvalue weighted by atomic mass is 9.92. The zero-order valence-electron chi connectivity index (χ0n) is 14.6. The highest BCUT2D eigenvalue weighted by Crippen LogP contribution is 2.27. The molecule has 0 spiro atoms. The molecule has 0 bridgehead atoms. The molecule has 0 unspecified atom stereocenters. The average molecular weight is 377 g/mol. The van der Waals surface area contributed by atoms with E-state index in [2.05, 4.69) is 41.5 Å². The number of anilines is 1. The van der Waals surface area contributed by atoms with Crippen LogP contribution in [0.1, 0.15) is 25.8 Å². The molecule has 2 aromatic rings. The van der Waals surface area contributed by atoms with E-state index in [-0.39, 0.29) is 5.91 Å². The van der Waals surface area contributed by atoms with Crippen LogP contribution >= 0.6 is 23.1 Å². The van der Waals surface area contributed by atoms with Crippen molar-refractivity contribution in [2.45, 2.75) is 31.2 Å².